The summed E-state index contributed by atoms with van der Waals surface area (Å²) in [5.74, 6) is 0.0220. The summed E-state index contributed by atoms with van der Waals surface area (Å²) in [6, 6.07) is -0.0640. The monoisotopic (exact) mass is 282 g/mol. The van der Waals surface area contributed by atoms with Crippen LogP contribution in [0.1, 0.15) is 32.1 Å². The first-order chi connectivity index (χ1) is 7.94. The molecule has 17 heavy (non-hydrogen) atoms. The second-order valence-corrected chi connectivity index (χ2v) is 6.68. The number of primary amides is 1. The summed E-state index contributed by atoms with van der Waals surface area (Å²) in [4.78, 5) is 11.0. The fraction of sp³-hybridized carbons (Fsp3) is 0.900. The Morgan fingerprint density at radius 1 is 1.29 bits per heavy atom. The van der Waals surface area contributed by atoms with Gasteiger partial charge in [0.05, 0.1) is 5.75 Å². The van der Waals surface area contributed by atoms with Crippen LogP contribution >= 0.6 is 11.6 Å². The lowest BCUT2D eigenvalue weighted by Gasteiger charge is -2.27. The van der Waals surface area contributed by atoms with Crippen LogP contribution in [0.25, 0.3) is 0 Å². The lowest BCUT2D eigenvalue weighted by atomic mass is 9.86. The van der Waals surface area contributed by atoms with Crippen LogP contribution in [0.5, 0.6) is 0 Å². The number of carbonyl (C=O) groups excluding carboxylic acids is 1. The van der Waals surface area contributed by atoms with Gasteiger partial charge in [-0.3, -0.25) is 4.79 Å². The highest BCUT2D eigenvalue weighted by Crippen LogP contribution is 2.24. The van der Waals surface area contributed by atoms with Crippen LogP contribution in [0, 0.1) is 5.92 Å². The molecule has 3 N–H and O–H groups in total. The Labute approximate surface area is 107 Å². The van der Waals surface area contributed by atoms with Crippen molar-refractivity contribution >= 4 is 27.5 Å². The fourth-order valence-corrected chi connectivity index (χ4v) is 3.73. The molecule has 1 amide bonds. The molecule has 100 valence electrons. The third-order valence-corrected chi connectivity index (χ3v) is 4.81. The average Bonchev–Trinajstić information content (AvgIpc) is 2.26. The number of nitrogens with two attached hydrogens (primary N) is 1. The molecule has 1 saturated carbocycles. The molecule has 1 aliphatic carbocycles. The Morgan fingerprint density at radius 2 is 1.88 bits per heavy atom. The van der Waals surface area contributed by atoms with Gasteiger partial charge in [0.2, 0.25) is 15.9 Å². The van der Waals surface area contributed by atoms with Crippen LogP contribution in [-0.2, 0) is 14.8 Å². The van der Waals surface area contributed by atoms with E-state index in [4.69, 9.17) is 17.3 Å². The first kappa shape index (κ1) is 14.7. The van der Waals surface area contributed by atoms with Gasteiger partial charge in [-0.25, -0.2) is 13.1 Å². The van der Waals surface area contributed by atoms with Gasteiger partial charge in [0, 0.05) is 17.8 Å². The van der Waals surface area contributed by atoms with E-state index in [0.717, 1.165) is 0 Å². The smallest absolute Gasteiger partial charge is 0.220 e. The molecule has 0 aromatic rings. The topological polar surface area (TPSA) is 89.3 Å². The Kier molecular flexibility index (Phi) is 5.69. The third-order valence-electron chi connectivity index (χ3n) is 3.02. The largest absolute Gasteiger partial charge is 0.369 e. The van der Waals surface area contributed by atoms with Gasteiger partial charge >= 0.3 is 0 Å². The van der Waals surface area contributed by atoms with Gasteiger partial charge in [0.25, 0.3) is 0 Å². The number of nitrogens with one attached hydrogen (secondary N) is 1. The summed E-state index contributed by atoms with van der Waals surface area (Å²) in [5.41, 5.74) is 5.21. The fourth-order valence-electron chi connectivity index (χ4n) is 2.05. The number of carbonyl (C=O) groups is 1. The Morgan fingerprint density at radius 3 is 2.35 bits per heavy atom. The predicted octanol–water partition coefficient (Wildman–Crippen LogP) is 0.579. The van der Waals surface area contributed by atoms with Crippen molar-refractivity contribution in [3.63, 3.8) is 0 Å². The van der Waals surface area contributed by atoms with Crippen molar-refractivity contribution in [2.75, 3.05) is 11.6 Å². The van der Waals surface area contributed by atoms with Crippen LogP contribution < -0.4 is 10.5 Å². The van der Waals surface area contributed by atoms with E-state index in [1.54, 1.807) is 0 Å². The molecule has 0 aromatic heterocycles. The number of alkyl halides is 1. The molecule has 0 radical (unpaired) electrons. The standard InChI is InChI=1S/C10H19ClN2O3S/c11-6-1-7-17(15,16)13-9-4-2-8(3-5-9)10(12)14/h8-9,13H,1-7H2,(H2,12,14). The molecule has 7 heteroatoms. The molecule has 0 aromatic carbocycles. The second-order valence-electron chi connectivity index (χ2n) is 4.43. The first-order valence-corrected chi connectivity index (χ1v) is 7.98. The summed E-state index contributed by atoms with van der Waals surface area (Å²) >= 11 is 5.46. The zero-order valence-corrected chi connectivity index (χ0v) is 11.3. The Bertz CT molecular complexity index is 351. The molecule has 0 spiro atoms. The molecule has 0 bridgehead atoms. The van der Waals surface area contributed by atoms with Crippen LogP contribution in [0.15, 0.2) is 0 Å². The summed E-state index contributed by atoms with van der Waals surface area (Å²) in [5, 5.41) is 0. The van der Waals surface area contributed by atoms with E-state index < -0.39 is 10.0 Å². The van der Waals surface area contributed by atoms with Crippen LogP contribution in [0.4, 0.5) is 0 Å². The summed E-state index contributed by atoms with van der Waals surface area (Å²) in [7, 11) is -3.23. The number of halogens is 1. The van der Waals surface area contributed by atoms with Crippen molar-refractivity contribution in [1.29, 1.82) is 0 Å². The van der Waals surface area contributed by atoms with Gasteiger partial charge in [-0.05, 0) is 32.1 Å². The lowest BCUT2D eigenvalue weighted by molar-refractivity contribution is -0.122. The molecule has 1 aliphatic rings. The van der Waals surface area contributed by atoms with Gasteiger partial charge in [0.1, 0.15) is 0 Å². The van der Waals surface area contributed by atoms with Gasteiger partial charge in [-0.2, -0.15) is 0 Å². The normalized spacial score (nSPS) is 25.7. The predicted molar refractivity (Wildman–Crippen MR) is 67.2 cm³/mol. The molecule has 1 rings (SSSR count). The number of hydrogen-bond acceptors (Lipinski definition) is 3. The molecule has 1 fully saturated rings. The van der Waals surface area contributed by atoms with E-state index in [1.165, 1.54) is 0 Å². The minimum absolute atomic E-state index is 0.0618. The van der Waals surface area contributed by atoms with Gasteiger partial charge in [-0.15, -0.1) is 11.6 Å². The van der Waals surface area contributed by atoms with E-state index in [-0.39, 0.29) is 23.6 Å². The van der Waals surface area contributed by atoms with Crippen LogP contribution in [0.3, 0.4) is 0 Å². The quantitative estimate of drug-likeness (QED) is 0.698. The minimum Gasteiger partial charge on any atom is -0.369 e. The van der Waals surface area contributed by atoms with Crippen molar-refractivity contribution in [2.45, 2.75) is 38.1 Å². The third kappa shape index (κ3) is 5.23. The van der Waals surface area contributed by atoms with Crippen molar-refractivity contribution < 1.29 is 13.2 Å². The maximum atomic E-state index is 11.6. The number of sulfonamides is 1. The molecule has 5 nitrogen and oxygen atoms in total. The molecule has 0 unspecified atom stereocenters. The summed E-state index contributed by atoms with van der Waals surface area (Å²) in [6.07, 6.45) is 3.13. The molecular formula is C10H19ClN2O3S. The van der Waals surface area contributed by atoms with Crippen LogP contribution in [0.2, 0.25) is 0 Å². The van der Waals surface area contributed by atoms with Crippen LogP contribution in [-0.4, -0.2) is 32.0 Å². The Hall–Kier alpha value is -0.330. The van der Waals surface area contributed by atoms with E-state index in [0.29, 0.717) is 38.0 Å². The number of hydrogen-bond donors (Lipinski definition) is 2. The van der Waals surface area contributed by atoms with Crippen molar-refractivity contribution in [2.24, 2.45) is 11.7 Å². The zero-order chi connectivity index (χ0) is 12.9. The van der Waals surface area contributed by atoms with Crippen molar-refractivity contribution in [1.82, 2.24) is 4.72 Å². The summed E-state index contributed by atoms with van der Waals surface area (Å²) < 4.78 is 25.9. The van der Waals surface area contributed by atoms with E-state index in [2.05, 4.69) is 4.72 Å². The first-order valence-electron chi connectivity index (χ1n) is 5.80. The average molecular weight is 283 g/mol. The van der Waals surface area contributed by atoms with E-state index in [9.17, 15) is 13.2 Å². The minimum atomic E-state index is -3.23. The van der Waals surface area contributed by atoms with Gasteiger partial charge in [-0.1, -0.05) is 0 Å². The maximum Gasteiger partial charge on any atom is 0.220 e. The second kappa shape index (κ2) is 6.56. The van der Waals surface area contributed by atoms with Gasteiger partial charge < -0.3 is 5.73 Å². The van der Waals surface area contributed by atoms with Crippen molar-refractivity contribution in [3.8, 4) is 0 Å². The molecular weight excluding hydrogens is 264 g/mol. The van der Waals surface area contributed by atoms with Crippen molar-refractivity contribution in [3.05, 3.63) is 0 Å². The van der Waals surface area contributed by atoms with Gasteiger partial charge in [0.15, 0.2) is 0 Å². The van der Waals surface area contributed by atoms with E-state index >= 15 is 0 Å². The highest BCUT2D eigenvalue weighted by molar-refractivity contribution is 7.89. The highest BCUT2D eigenvalue weighted by Gasteiger charge is 2.26. The Balaban J connectivity index is 2.37. The highest BCUT2D eigenvalue weighted by atomic mass is 35.5. The SMILES string of the molecule is NC(=O)C1CCC(NS(=O)(=O)CCCCl)CC1. The number of rotatable bonds is 6. The molecule has 0 aliphatic heterocycles. The molecule has 0 atom stereocenters. The lowest BCUT2D eigenvalue weighted by Crippen LogP contribution is -2.40. The summed E-state index contributed by atoms with van der Waals surface area (Å²) in [6.45, 7) is 0. The zero-order valence-electron chi connectivity index (χ0n) is 9.69. The molecule has 0 saturated heterocycles. The maximum absolute atomic E-state index is 11.6. The van der Waals surface area contributed by atoms with E-state index in [1.807, 2.05) is 0 Å². The number of amides is 1. The molecule has 0 heterocycles.